The van der Waals surface area contributed by atoms with Gasteiger partial charge in [0.2, 0.25) is 5.13 Å². The molecule has 0 atom stereocenters. The van der Waals surface area contributed by atoms with Gasteiger partial charge in [-0.15, -0.1) is 0 Å². The van der Waals surface area contributed by atoms with Crippen LogP contribution in [0, 0.1) is 6.92 Å². The number of aryl methyl sites for hydroxylation is 1. The quantitative estimate of drug-likeness (QED) is 0.538. The number of amides is 1. The summed E-state index contributed by atoms with van der Waals surface area (Å²) < 4.78 is 69.1. The lowest BCUT2D eigenvalue weighted by atomic mass is 10.1. The first kappa shape index (κ1) is 23.0. The molecule has 31 heavy (non-hydrogen) atoms. The predicted molar refractivity (Wildman–Crippen MR) is 110 cm³/mol. The first-order valence-electron chi connectivity index (χ1n) is 8.51. The molecule has 0 spiro atoms. The maximum atomic E-state index is 12.8. The summed E-state index contributed by atoms with van der Waals surface area (Å²) in [6.45, 7) is 1.50. The number of nitrogens with zero attached hydrogens (tertiary/aromatic N) is 2. The molecule has 0 aliphatic carbocycles. The Kier molecular flexibility index (Phi) is 6.53. The van der Waals surface area contributed by atoms with Crippen LogP contribution in [-0.4, -0.2) is 23.7 Å². The number of carbonyl (C=O) groups excluding carboxylic acids is 1. The third-order valence-electron chi connectivity index (χ3n) is 4.13. The number of sulfonamides is 1. The van der Waals surface area contributed by atoms with Crippen LogP contribution in [0.2, 0.25) is 5.02 Å². The van der Waals surface area contributed by atoms with E-state index in [2.05, 4.69) is 19.4 Å². The summed E-state index contributed by atoms with van der Waals surface area (Å²) in [5.74, 6) is -0.519. The normalized spacial score (nSPS) is 11.9. The van der Waals surface area contributed by atoms with Crippen molar-refractivity contribution in [3.8, 4) is 0 Å². The molecule has 1 aromatic heterocycles. The van der Waals surface area contributed by atoms with E-state index in [-0.39, 0.29) is 22.1 Å². The van der Waals surface area contributed by atoms with E-state index in [0.717, 1.165) is 23.7 Å². The summed E-state index contributed by atoms with van der Waals surface area (Å²) >= 11 is 6.56. The van der Waals surface area contributed by atoms with Gasteiger partial charge in [-0.1, -0.05) is 17.7 Å². The Morgan fingerprint density at radius 3 is 2.52 bits per heavy atom. The highest BCUT2D eigenvalue weighted by molar-refractivity contribution is 7.93. The summed E-state index contributed by atoms with van der Waals surface area (Å²) in [5, 5.41) is 2.22. The van der Waals surface area contributed by atoms with Crippen LogP contribution in [0.5, 0.6) is 0 Å². The van der Waals surface area contributed by atoms with Crippen molar-refractivity contribution in [2.75, 3.05) is 4.72 Å². The third-order valence-corrected chi connectivity index (χ3v) is 6.49. The molecule has 2 aromatic carbocycles. The van der Waals surface area contributed by atoms with Gasteiger partial charge in [-0.05, 0) is 48.4 Å². The molecule has 0 aliphatic rings. The molecule has 0 saturated carbocycles. The monoisotopic (exact) mass is 490 g/mol. The molecular formula is C18H14ClF3N4O3S2. The van der Waals surface area contributed by atoms with Crippen molar-refractivity contribution in [3.05, 3.63) is 70.0 Å². The molecule has 0 bridgehead atoms. The van der Waals surface area contributed by atoms with E-state index in [4.69, 9.17) is 11.6 Å². The molecular weight excluding hydrogens is 477 g/mol. The van der Waals surface area contributed by atoms with Crippen molar-refractivity contribution in [3.63, 3.8) is 0 Å². The second-order valence-corrected chi connectivity index (χ2v) is 9.19. The minimum atomic E-state index is -4.57. The highest BCUT2D eigenvalue weighted by atomic mass is 35.5. The number of aromatic nitrogens is 2. The van der Waals surface area contributed by atoms with Crippen LogP contribution in [0.25, 0.3) is 0 Å². The molecule has 0 radical (unpaired) electrons. The standard InChI is InChI=1S/C18H14ClF3N4O3S2/c1-10-6-12(31(28,29)26-17-24-9-25-30-17)3-4-13(10)16(27)23-8-11-2-5-14(15(19)7-11)18(20,21)22/h2-7,9H,8H2,1H3,(H,23,27)(H,24,25,26). The Morgan fingerprint density at radius 1 is 1.19 bits per heavy atom. The van der Waals surface area contributed by atoms with E-state index in [1.807, 2.05) is 0 Å². The molecule has 3 aromatic rings. The molecule has 164 valence electrons. The van der Waals surface area contributed by atoms with E-state index in [0.29, 0.717) is 11.1 Å². The van der Waals surface area contributed by atoms with Gasteiger partial charge in [0.25, 0.3) is 15.9 Å². The summed E-state index contributed by atoms with van der Waals surface area (Å²) in [7, 11) is -3.90. The second-order valence-electron chi connectivity index (χ2n) is 6.32. The van der Waals surface area contributed by atoms with Gasteiger partial charge in [0.15, 0.2) is 0 Å². The SMILES string of the molecule is Cc1cc(S(=O)(=O)Nc2ncns2)ccc1C(=O)NCc1ccc(C(F)(F)F)c(Cl)c1. The summed E-state index contributed by atoms with van der Waals surface area (Å²) in [6.07, 6.45) is -3.35. The first-order valence-corrected chi connectivity index (χ1v) is 11.1. The molecule has 3 rings (SSSR count). The van der Waals surface area contributed by atoms with E-state index in [9.17, 15) is 26.4 Å². The van der Waals surface area contributed by atoms with Gasteiger partial charge in [-0.25, -0.2) is 13.4 Å². The minimum Gasteiger partial charge on any atom is -0.348 e. The molecule has 0 unspecified atom stereocenters. The summed E-state index contributed by atoms with van der Waals surface area (Å²) in [4.78, 5) is 16.2. The molecule has 7 nitrogen and oxygen atoms in total. The predicted octanol–water partition coefficient (Wildman–Crippen LogP) is 4.25. The number of hydrogen-bond acceptors (Lipinski definition) is 6. The number of alkyl halides is 3. The number of carbonyl (C=O) groups is 1. The zero-order valence-corrected chi connectivity index (χ0v) is 18.1. The number of rotatable bonds is 6. The first-order chi connectivity index (χ1) is 14.5. The topological polar surface area (TPSA) is 101 Å². The van der Waals surface area contributed by atoms with Crippen molar-refractivity contribution in [1.82, 2.24) is 14.7 Å². The van der Waals surface area contributed by atoms with Crippen LogP contribution >= 0.6 is 23.1 Å². The van der Waals surface area contributed by atoms with Crippen molar-refractivity contribution in [1.29, 1.82) is 0 Å². The lowest BCUT2D eigenvalue weighted by Gasteiger charge is -2.12. The Morgan fingerprint density at radius 2 is 1.94 bits per heavy atom. The zero-order chi connectivity index (χ0) is 22.8. The Labute approximate surface area is 184 Å². The highest BCUT2D eigenvalue weighted by Crippen LogP contribution is 2.34. The van der Waals surface area contributed by atoms with Crippen LogP contribution in [0.1, 0.15) is 27.0 Å². The number of benzene rings is 2. The summed E-state index contributed by atoms with van der Waals surface area (Å²) in [5.41, 5.74) is 0.0273. The molecule has 0 fully saturated rings. The molecule has 2 N–H and O–H groups in total. The van der Waals surface area contributed by atoms with E-state index in [1.165, 1.54) is 30.6 Å². The van der Waals surface area contributed by atoms with Crippen molar-refractivity contribution < 1.29 is 26.4 Å². The molecule has 0 aliphatic heterocycles. The fraction of sp³-hybridized carbons (Fsp3) is 0.167. The number of hydrogen-bond donors (Lipinski definition) is 2. The van der Waals surface area contributed by atoms with E-state index < -0.39 is 32.7 Å². The maximum absolute atomic E-state index is 12.8. The van der Waals surface area contributed by atoms with Gasteiger partial charge < -0.3 is 5.32 Å². The van der Waals surface area contributed by atoms with Gasteiger partial charge in [0.1, 0.15) is 6.33 Å². The van der Waals surface area contributed by atoms with Crippen molar-refractivity contribution in [2.45, 2.75) is 24.5 Å². The van der Waals surface area contributed by atoms with E-state index >= 15 is 0 Å². The van der Waals surface area contributed by atoms with Gasteiger partial charge in [0.05, 0.1) is 15.5 Å². The van der Waals surface area contributed by atoms with Crippen molar-refractivity contribution >= 4 is 44.2 Å². The average Bonchev–Trinajstić information content (AvgIpc) is 3.17. The van der Waals surface area contributed by atoms with Crippen LogP contribution in [-0.2, 0) is 22.7 Å². The van der Waals surface area contributed by atoms with E-state index in [1.54, 1.807) is 6.92 Å². The lowest BCUT2D eigenvalue weighted by molar-refractivity contribution is -0.137. The highest BCUT2D eigenvalue weighted by Gasteiger charge is 2.33. The zero-order valence-electron chi connectivity index (χ0n) is 15.7. The Balaban J connectivity index is 1.71. The van der Waals surface area contributed by atoms with Crippen LogP contribution < -0.4 is 10.0 Å². The van der Waals surface area contributed by atoms with Crippen molar-refractivity contribution in [2.24, 2.45) is 0 Å². The minimum absolute atomic E-state index is 0.0607. The smallest absolute Gasteiger partial charge is 0.348 e. The Bertz CT molecular complexity index is 1220. The second kappa shape index (κ2) is 8.81. The number of halogens is 4. The fourth-order valence-corrected chi connectivity index (χ4v) is 4.68. The molecule has 0 saturated heterocycles. The molecule has 1 heterocycles. The average molecular weight is 491 g/mol. The fourth-order valence-electron chi connectivity index (χ4n) is 2.63. The van der Waals surface area contributed by atoms with Gasteiger partial charge in [-0.3, -0.25) is 9.52 Å². The van der Waals surface area contributed by atoms with Crippen LogP contribution in [0.3, 0.4) is 0 Å². The van der Waals surface area contributed by atoms with Gasteiger partial charge in [0, 0.05) is 23.6 Å². The largest absolute Gasteiger partial charge is 0.417 e. The van der Waals surface area contributed by atoms with Crippen LogP contribution in [0.15, 0.2) is 47.6 Å². The number of nitrogens with one attached hydrogen (secondary N) is 2. The lowest BCUT2D eigenvalue weighted by Crippen LogP contribution is -2.24. The summed E-state index contributed by atoms with van der Waals surface area (Å²) in [6, 6.07) is 7.13. The molecule has 1 amide bonds. The number of anilines is 1. The maximum Gasteiger partial charge on any atom is 0.417 e. The Hall–Kier alpha value is -2.70. The van der Waals surface area contributed by atoms with Gasteiger partial charge in [-0.2, -0.15) is 17.5 Å². The van der Waals surface area contributed by atoms with Crippen LogP contribution in [0.4, 0.5) is 18.3 Å². The van der Waals surface area contributed by atoms with Gasteiger partial charge >= 0.3 is 6.18 Å². The third kappa shape index (κ3) is 5.51. The molecule has 13 heteroatoms.